The fraction of sp³-hybridized carbons (Fsp3) is 0.333. The quantitative estimate of drug-likeness (QED) is 0.847. The predicted molar refractivity (Wildman–Crippen MR) is 72.8 cm³/mol. The van der Waals surface area contributed by atoms with Crippen LogP contribution in [0.15, 0.2) is 40.8 Å². The Morgan fingerprint density at radius 3 is 2.72 bits per heavy atom. The molecule has 0 amide bonds. The molecule has 1 N–H and O–H groups in total. The molecule has 0 aliphatic carbocycles. The van der Waals surface area contributed by atoms with Gasteiger partial charge < -0.3 is 14.5 Å². The van der Waals surface area contributed by atoms with Crippen molar-refractivity contribution in [2.24, 2.45) is 0 Å². The molecule has 0 atom stereocenters. The van der Waals surface area contributed by atoms with E-state index in [1.165, 1.54) is 5.56 Å². The zero-order chi connectivity index (χ0) is 12.8. The monoisotopic (exact) mass is 245 g/mol. The molecule has 0 bridgehead atoms. The van der Waals surface area contributed by atoms with Gasteiger partial charge in [0.15, 0.2) is 0 Å². The standard InChI is InChI=1S/C15H19NO2/c1-12-7-8-14(18-12)11-16-15-6-4-3-5-13(15)9-10-17-2/h3-8,16H,9-11H2,1-2H3. The van der Waals surface area contributed by atoms with Gasteiger partial charge in [-0.05, 0) is 37.1 Å². The van der Waals surface area contributed by atoms with Crippen molar-refractivity contribution >= 4 is 5.69 Å². The second kappa shape index (κ2) is 6.26. The first-order valence-electron chi connectivity index (χ1n) is 6.15. The molecule has 0 saturated heterocycles. The maximum Gasteiger partial charge on any atom is 0.123 e. The average molecular weight is 245 g/mol. The average Bonchev–Trinajstić information content (AvgIpc) is 2.81. The number of furan rings is 1. The van der Waals surface area contributed by atoms with Gasteiger partial charge >= 0.3 is 0 Å². The fourth-order valence-electron chi connectivity index (χ4n) is 1.89. The Hall–Kier alpha value is -1.74. The van der Waals surface area contributed by atoms with Crippen LogP contribution in [0.25, 0.3) is 0 Å². The molecule has 0 radical (unpaired) electrons. The molecule has 0 unspecified atom stereocenters. The number of anilines is 1. The van der Waals surface area contributed by atoms with E-state index < -0.39 is 0 Å². The Labute approximate surface area is 108 Å². The van der Waals surface area contributed by atoms with Crippen molar-refractivity contribution in [1.82, 2.24) is 0 Å². The number of benzene rings is 1. The van der Waals surface area contributed by atoms with E-state index in [0.29, 0.717) is 6.54 Å². The van der Waals surface area contributed by atoms with Gasteiger partial charge in [0.05, 0.1) is 13.2 Å². The summed E-state index contributed by atoms with van der Waals surface area (Å²) in [5, 5.41) is 3.40. The van der Waals surface area contributed by atoms with Crippen LogP contribution in [0.1, 0.15) is 17.1 Å². The normalized spacial score (nSPS) is 10.6. The van der Waals surface area contributed by atoms with E-state index in [1.807, 2.05) is 31.2 Å². The molecule has 0 aliphatic heterocycles. The molecule has 96 valence electrons. The highest BCUT2D eigenvalue weighted by Gasteiger charge is 2.03. The van der Waals surface area contributed by atoms with Crippen molar-refractivity contribution in [3.05, 3.63) is 53.5 Å². The van der Waals surface area contributed by atoms with Crippen LogP contribution in [0.3, 0.4) is 0 Å². The Kier molecular flexibility index (Phi) is 4.42. The highest BCUT2D eigenvalue weighted by Crippen LogP contribution is 2.17. The van der Waals surface area contributed by atoms with Gasteiger partial charge in [0.25, 0.3) is 0 Å². The second-order valence-electron chi connectivity index (χ2n) is 4.27. The van der Waals surface area contributed by atoms with Gasteiger partial charge in [-0.25, -0.2) is 0 Å². The zero-order valence-electron chi connectivity index (χ0n) is 10.9. The van der Waals surface area contributed by atoms with Crippen LogP contribution in [0.4, 0.5) is 5.69 Å². The molecule has 1 aromatic carbocycles. The Bertz CT molecular complexity index is 491. The molecule has 2 rings (SSSR count). The highest BCUT2D eigenvalue weighted by molar-refractivity contribution is 5.51. The lowest BCUT2D eigenvalue weighted by atomic mass is 10.1. The van der Waals surface area contributed by atoms with Gasteiger partial charge in [-0.2, -0.15) is 0 Å². The van der Waals surface area contributed by atoms with E-state index in [0.717, 1.165) is 30.2 Å². The van der Waals surface area contributed by atoms with Gasteiger partial charge in [-0.3, -0.25) is 0 Å². The van der Waals surface area contributed by atoms with Crippen molar-refractivity contribution in [1.29, 1.82) is 0 Å². The van der Waals surface area contributed by atoms with Crippen LogP contribution < -0.4 is 5.32 Å². The first-order chi connectivity index (χ1) is 8.79. The smallest absolute Gasteiger partial charge is 0.123 e. The summed E-state index contributed by atoms with van der Waals surface area (Å²) in [7, 11) is 1.72. The maximum atomic E-state index is 5.54. The number of hydrogen-bond donors (Lipinski definition) is 1. The van der Waals surface area contributed by atoms with E-state index in [9.17, 15) is 0 Å². The molecule has 0 aliphatic rings. The van der Waals surface area contributed by atoms with E-state index in [-0.39, 0.29) is 0 Å². The van der Waals surface area contributed by atoms with Crippen LogP contribution in [0.2, 0.25) is 0 Å². The largest absolute Gasteiger partial charge is 0.465 e. The third-order valence-electron chi connectivity index (χ3n) is 2.84. The number of nitrogens with one attached hydrogen (secondary N) is 1. The predicted octanol–water partition coefficient (Wildman–Crippen LogP) is 3.39. The van der Waals surface area contributed by atoms with E-state index in [1.54, 1.807) is 7.11 Å². The summed E-state index contributed by atoms with van der Waals surface area (Å²) in [5.41, 5.74) is 2.41. The molecule has 0 spiro atoms. The lowest BCUT2D eigenvalue weighted by Crippen LogP contribution is -2.03. The van der Waals surface area contributed by atoms with E-state index in [2.05, 4.69) is 17.4 Å². The van der Waals surface area contributed by atoms with E-state index in [4.69, 9.17) is 9.15 Å². The summed E-state index contributed by atoms with van der Waals surface area (Å²) in [6.45, 7) is 3.40. The molecule has 3 nitrogen and oxygen atoms in total. The summed E-state index contributed by atoms with van der Waals surface area (Å²) in [4.78, 5) is 0. The molecule has 0 fully saturated rings. The summed E-state index contributed by atoms with van der Waals surface area (Å²) in [5.74, 6) is 1.90. The van der Waals surface area contributed by atoms with Crippen LogP contribution in [0, 0.1) is 6.92 Å². The van der Waals surface area contributed by atoms with Gasteiger partial charge in [-0.1, -0.05) is 18.2 Å². The molecule has 3 heteroatoms. The third-order valence-corrected chi connectivity index (χ3v) is 2.84. The van der Waals surface area contributed by atoms with Crippen LogP contribution in [0.5, 0.6) is 0 Å². The zero-order valence-corrected chi connectivity index (χ0v) is 10.9. The first-order valence-corrected chi connectivity index (χ1v) is 6.15. The van der Waals surface area contributed by atoms with Gasteiger partial charge in [0.1, 0.15) is 11.5 Å². The topological polar surface area (TPSA) is 34.4 Å². The summed E-state index contributed by atoms with van der Waals surface area (Å²) >= 11 is 0. The minimum Gasteiger partial charge on any atom is -0.465 e. The minimum atomic E-state index is 0.706. The number of hydrogen-bond acceptors (Lipinski definition) is 3. The number of rotatable bonds is 6. The van der Waals surface area contributed by atoms with Gasteiger partial charge in [0.2, 0.25) is 0 Å². The lowest BCUT2D eigenvalue weighted by molar-refractivity contribution is 0.202. The Morgan fingerprint density at radius 1 is 1.17 bits per heavy atom. The summed E-state index contributed by atoms with van der Waals surface area (Å²) in [6, 6.07) is 12.3. The van der Waals surface area contributed by atoms with Crippen LogP contribution in [-0.2, 0) is 17.7 Å². The minimum absolute atomic E-state index is 0.706. The maximum absolute atomic E-state index is 5.54. The van der Waals surface area contributed by atoms with E-state index >= 15 is 0 Å². The fourth-order valence-corrected chi connectivity index (χ4v) is 1.89. The molecule has 1 aromatic heterocycles. The summed E-state index contributed by atoms with van der Waals surface area (Å²) < 4.78 is 10.7. The highest BCUT2D eigenvalue weighted by atomic mass is 16.5. The van der Waals surface area contributed by atoms with Crippen LogP contribution in [-0.4, -0.2) is 13.7 Å². The van der Waals surface area contributed by atoms with Crippen molar-refractivity contribution in [3.8, 4) is 0 Å². The van der Waals surface area contributed by atoms with Crippen molar-refractivity contribution < 1.29 is 9.15 Å². The van der Waals surface area contributed by atoms with Gasteiger partial charge in [0, 0.05) is 12.8 Å². The first kappa shape index (κ1) is 12.7. The molecular weight excluding hydrogens is 226 g/mol. The molecule has 0 saturated carbocycles. The lowest BCUT2D eigenvalue weighted by Gasteiger charge is -2.10. The van der Waals surface area contributed by atoms with Crippen molar-refractivity contribution in [2.75, 3.05) is 19.0 Å². The second-order valence-corrected chi connectivity index (χ2v) is 4.27. The summed E-state index contributed by atoms with van der Waals surface area (Å²) in [6.07, 6.45) is 0.914. The van der Waals surface area contributed by atoms with Crippen molar-refractivity contribution in [3.63, 3.8) is 0 Å². The number of para-hydroxylation sites is 1. The molecule has 1 heterocycles. The Balaban J connectivity index is 1.99. The number of ether oxygens (including phenoxy) is 1. The van der Waals surface area contributed by atoms with Crippen molar-refractivity contribution in [2.45, 2.75) is 19.9 Å². The SMILES string of the molecule is COCCc1ccccc1NCc1ccc(C)o1. The Morgan fingerprint density at radius 2 is 2.00 bits per heavy atom. The van der Waals surface area contributed by atoms with Gasteiger partial charge in [-0.15, -0.1) is 0 Å². The third kappa shape index (κ3) is 3.37. The molecule has 18 heavy (non-hydrogen) atoms. The molecular formula is C15H19NO2. The van der Waals surface area contributed by atoms with Crippen LogP contribution >= 0.6 is 0 Å². The number of methoxy groups -OCH3 is 1. The number of aryl methyl sites for hydroxylation is 1. The molecule has 2 aromatic rings.